The number of halogens is 1. The van der Waals surface area contributed by atoms with Crippen molar-refractivity contribution in [2.75, 3.05) is 26.3 Å². The highest BCUT2D eigenvalue weighted by atomic mass is 19.1. The average molecular weight is 447 g/mol. The Morgan fingerprint density at radius 3 is 2.97 bits per heavy atom. The summed E-state index contributed by atoms with van der Waals surface area (Å²) in [6, 6.07) is 18.8. The Labute approximate surface area is 192 Å². The molecule has 1 fully saturated rings. The van der Waals surface area contributed by atoms with Crippen molar-refractivity contribution in [2.24, 2.45) is 7.05 Å². The van der Waals surface area contributed by atoms with Crippen LogP contribution in [0.5, 0.6) is 5.75 Å². The smallest absolute Gasteiger partial charge is 0.126 e. The minimum Gasteiger partial charge on any atom is -0.493 e. The molecule has 0 aliphatic carbocycles. The van der Waals surface area contributed by atoms with Crippen LogP contribution in [0.4, 0.5) is 4.39 Å². The maximum atomic E-state index is 13.3. The zero-order valence-corrected chi connectivity index (χ0v) is 18.7. The number of pyridine rings is 1. The van der Waals surface area contributed by atoms with Crippen LogP contribution in [0.3, 0.4) is 0 Å². The third-order valence-electron chi connectivity index (χ3n) is 5.97. The van der Waals surface area contributed by atoms with Crippen molar-refractivity contribution >= 4 is 10.9 Å². The van der Waals surface area contributed by atoms with Gasteiger partial charge in [-0.15, -0.1) is 0 Å². The van der Waals surface area contributed by atoms with E-state index in [1.54, 1.807) is 12.1 Å². The minimum absolute atomic E-state index is 0.0649. The van der Waals surface area contributed by atoms with Gasteiger partial charge in [-0.05, 0) is 42.0 Å². The Hall–Kier alpha value is -3.29. The quantitative estimate of drug-likeness (QED) is 0.424. The molecule has 170 valence electrons. The van der Waals surface area contributed by atoms with Crippen molar-refractivity contribution in [2.45, 2.75) is 19.1 Å². The molecule has 4 aromatic rings. The number of aryl methyl sites for hydroxylation is 1. The van der Waals surface area contributed by atoms with Crippen LogP contribution in [0.25, 0.3) is 10.9 Å². The summed E-state index contributed by atoms with van der Waals surface area (Å²) < 4.78 is 26.9. The molecule has 0 N–H and O–H groups in total. The molecule has 1 atom stereocenters. The fourth-order valence-corrected chi connectivity index (χ4v) is 4.26. The van der Waals surface area contributed by atoms with Crippen LogP contribution >= 0.6 is 0 Å². The van der Waals surface area contributed by atoms with Crippen LogP contribution in [0, 0.1) is 5.82 Å². The van der Waals surface area contributed by atoms with Crippen molar-refractivity contribution in [3.05, 3.63) is 89.6 Å². The Bertz CT molecular complexity index is 1240. The number of aromatic nitrogens is 3. The number of ether oxygens (including phenoxy) is 2. The number of hydrogen-bond donors (Lipinski definition) is 0. The Morgan fingerprint density at radius 2 is 2.06 bits per heavy atom. The molecule has 0 spiro atoms. The highest BCUT2D eigenvalue weighted by Crippen LogP contribution is 2.24. The monoisotopic (exact) mass is 446 g/mol. The van der Waals surface area contributed by atoms with Crippen molar-refractivity contribution in [1.82, 2.24) is 19.7 Å². The normalized spacial score (nSPS) is 16.8. The predicted molar refractivity (Wildman–Crippen MR) is 125 cm³/mol. The molecule has 5 rings (SSSR count). The lowest BCUT2D eigenvalue weighted by Gasteiger charge is -2.32. The number of morpholine rings is 1. The molecule has 33 heavy (non-hydrogen) atoms. The first-order chi connectivity index (χ1) is 16.1. The molecule has 1 aliphatic rings. The van der Waals surface area contributed by atoms with Gasteiger partial charge < -0.3 is 9.47 Å². The van der Waals surface area contributed by atoms with E-state index in [1.807, 2.05) is 24.0 Å². The van der Waals surface area contributed by atoms with E-state index in [0.29, 0.717) is 25.4 Å². The zero-order valence-electron chi connectivity index (χ0n) is 18.7. The zero-order chi connectivity index (χ0) is 22.6. The molecule has 1 saturated heterocycles. The Morgan fingerprint density at radius 1 is 1.12 bits per heavy atom. The van der Waals surface area contributed by atoms with Gasteiger partial charge in [0.2, 0.25) is 0 Å². The maximum Gasteiger partial charge on any atom is 0.126 e. The molecule has 6 nitrogen and oxygen atoms in total. The summed E-state index contributed by atoms with van der Waals surface area (Å²) in [4.78, 5) is 6.81. The highest BCUT2D eigenvalue weighted by molar-refractivity contribution is 5.78. The van der Waals surface area contributed by atoms with Crippen LogP contribution in [0.1, 0.15) is 23.1 Å². The second-order valence-corrected chi connectivity index (χ2v) is 8.36. The fourth-order valence-electron chi connectivity index (χ4n) is 4.26. The van der Waals surface area contributed by atoms with Gasteiger partial charge in [0.25, 0.3) is 0 Å². The molecule has 0 amide bonds. The van der Waals surface area contributed by atoms with Crippen molar-refractivity contribution in [3.8, 4) is 5.75 Å². The van der Waals surface area contributed by atoms with Crippen molar-refractivity contribution in [3.63, 3.8) is 0 Å². The lowest BCUT2D eigenvalue weighted by Crippen LogP contribution is -2.38. The predicted octanol–water partition coefficient (Wildman–Crippen LogP) is 4.30. The first-order valence-electron chi connectivity index (χ1n) is 11.2. The highest BCUT2D eigenvalue weighted by Gasteiger charge is 2.25. The molecule has 0 radical (unpaired) electrons. The van der Waals surface area contributed by atoms with Crippen LogP contribution in [0.2, 0.25) is 0 Å². The number of fused-ring (bicyclic) bond motifs is 1. The lowest BCUT2D eigenvalue weighted by molar-refractivity contribution is -0.0352. The van der Waals surface area contributed by atoms with E-state index < -0.39 is 0 Å². The van der Waals surface area contributed by atoms with Crippen LogP contribution in [-0.2, 0) is 24.8 Å². The number of benzene rings is 2. The molecule has 3 heterocycles. The van der Waals surface area contributed by atoms with Gasteiger partial charge >= 0.3 is 0 Å². The third-order valence-corrected chi connectivity index (χ3v) is 5.97. The van der Waals surface area contributed by atoms with Crippen LogP contribution in [-0.4, -0.2) is 46.0 Å². The SMILES string of the molecule is Cn1nc([C@H]2CN(Cc3ccc4ncccc4c3)CCO2)cc1CCOc1cccc(F)c1. The topological polar surface area (TPSA) is 52.4 Å². The standard InChI is InChI=1S/C26H27FN4O2/c1-30-22(9-12-32-23-6-2-5-21(27)15-23)16-25(29-30)26-18-31(11-13-33-26)17-19-7-8-24-20(14-19)4-3-10-28-24/h2-8,10,14-16,26H,9,11-13,17-18H2,1H3/t26-/m1/s1. The van der Waals surface area contributed by atoms with E-state index in [0.717, 1.165) is 41.9 Å². The molecule has 0 bridgehead atoms. The second kappa shape index (κ2) is 9.68. The molecule has 2 aromatic heterocycles. The van der Waals surface area contributed by atoms with Gasteiger partial charge in [-0.3, -0.25) is 14.6 Å². The third kappa shape index (κ3) is 5.21. The lowest BCUT2D eigenvalue weighted by atomic mass is 10.1. The molecular formula is C26H27FN4O2. The van der Waals surface area contributed by atoms with E-state index in [4.69, 9.17) is 14.6 Å². The van der Waals surface area contributed by atoms with Gasteiger partial charge in [-0.1, -0.05) is 18.2 Å². The molecule has 2 aromatic carbocycles. The van der Waals surface area contributed by atoms with Gasteiger partial charge in [0, 0.05) is 56.4 Å². The minimum atomic E-state index is -0.297. The summed E-state index contributed by atoms with van der Waals surface area (Å²) in [7, 11) is 1.94. The molecule has 0 saturated carbocycles. The summed E-state index contributed by atoms with van der Waals surface area (Å²) >= 11 is 0. The largest absolute Gasteiger partial charge is 0.493 e. The van der Waals surface area contributed by atoms with Crippen molar-refractivity contribution in [1.29, 1.82) is 0 Å². The molecule has 7 heteroatoms. The van der Waals surface area contributed by atoms with E-state index >= 15 is 0 Å². The number of rotatable bonds is 7. The van der Waals surface area contributed by atoms with Crippen molar-refractivity contribution < 1.29 is 13.9 Å². The summed E-state index contributed by atoms with van der Waals surface area (Å²) in [5, 5.41) is 5.86. The Balaban J connectivity index is 1.20. The summed E-state index contributed by atoms with van der Waals surface area (Å²) in [6.07, 6.45) is 2.44. The number of hydrogen-bond acceptors (Lipinski definition) is 5. The van der Waals surface area contributed by atoms with E-state index in [2.05, 4.69) is 40.2 Å². The molecular weight excluding hydrogens is 419 g/mol. The van der Waals surface area contributed by atoms with Gasteiger partial charge in [-0.25, -0.2) is 4.39 Å². The molecule has 1 aliphatic heterocycles. The summed E-state index contributed by atoms with van der Waals surface area (Å²) in [5.41, 5.74) is 4.28. The van der Waals surface area contributed by atoms with Gasteiger partial charge in [-0.2, -0.15) is 5.10 Å². The first-order valence-corrected chi connectivity index (χ1v) is 11.2. The van der Waals surface area contributed by atoms with Crippen LogP contribution < -0.4 is 4.74 Å². The summed E-state index contributed by atoms with van der Waals surface area (Å²) in [6.45, 7) is 3.68. The van der Waals surface area contributed by atoms with Gasteiger partial charge in [0.15, 0.2) is 0 Å². The Kier molecular flexibility index (Phi) is 6.32. The van der Waals surface area contributed by atoms with E-state index in [1.165, 1.54) is 17.7 Å². The first kappa shape index (κ1) is 21.6. The van der Waals surface area contributed by atoms with E-state index in [9.17, 15) is 4.39 Å². The fraction of sp³-hybridized carbons (Fsp3) is 0.308. The van der Waals surface area contributed by atoms with Crippen LogP contribution in [0.15, 0.2) is 66.9 Å². The van der Waals surface area contributed by atoms with Gasteiger partial charge in [0.05, 0.1) is 24.4 Å². The van der Waals surface area contributed by atoms with Gasteiger partial charge in [0.1, 0.15) is 17.7 Å². The maximum absolute atomic E-state index is 13.3. The van der Waals surface area contributed by atoms with E-state index in [-0.39, 0.29) is 11.9 Å². The molecule has 0 unspecified atom stereocenters. The number of nitrogens with zero attached hydrogens (tertiary/aromatic N) is 4. The second-order valence-electron chi connectivity index (χ2n) is 8.36. The average Bonchev–Trinajstić information content (AvgIpc) is 3.20. The summed E-state index contributed by atoms with van der Waals surface area (Å²) in [5.74, 6) is 0.239.